The van der Waals surface area contributed by atoms with Crippen LogP contribution in [0.25, 0.3) is 0 Å². The van der Waals surface area contributed by atoms with Gasteiger partial charge in [0.1, 0.15) is 12.2 Å². The number of aliphatic hydroxyl groups is 1. The van der Waals surface area contributed by atoms with Crippen LogP contribution in [0, 0.1) is 0 Å². The van der Waals surface area contributed by atoms with Crippen LogP contribution in [0.3, 0.4) is 0 Å². The van der Waals surface area contributed by atoms with Gasteiger partial charge in [0.15, 0.2) is 5.79 Å². The van der Waals surface area contributed by atoms with Gasteiger partial charge in [-0.15, -0.1) is 0 Å². The molecule has 4 heteroatoms. The number of ether oxygens (including phenoxy) is 3. The highest BCUT2D eigenvalue weighted by atomic mass is 16.8. The van der Waals surface area contributed by atoms with E-state index in [-0.39, 0.29) is 24.9 Å². The smallest absolute Gasteiger partial charge is 0.163 e. The fraction of sp³-hybridized carbons (Fsp3) is 1.00. The SMILES string of the molecule is CC1(C)OC2CCOC(CO)C2O1. The molecule has 2 heterocycles. The minimum Gasteiger partial charge on any atom is -0.394 e. The lowest BCUT2D eigenvalue weighted by molar-refractivity contribution is -0.157. The van der Waals surface area contributed by atoms with E-state index in [1.54, 1.807) is 0 Å². The van der Waals surface area contributed by atoms with Gasteiger partial charge in [0.2, 0.25) is 0 Å². The number of fused-ring (bicyclic) bond motifs is 1. The van der Waals surface area contributed by atoms with Gasteiger partial charge >= 0.3 is 0 Å². The molecule has 13 heavy (non-hydrogen) atoms. The summed E-state index contributed by atoms with van der Waals surface area (Å²) in [4.78, 5) is 0. The molecule has 2 rings (SSSR count). The maximum absolute atomic E-state index is 9.05. The van der Waals surface area contributed by atoms with Crippen LogP contribution in [0.15, 0.2) is 0 Å². The second-order valence-corrected chi connectivity index (χ2v) is 4.02. The van der Waals surface area contributed by atoms with E-state index in [1.165, 1.54) is 0 Å². The minimum atomic E-state index is -0.531. The van der Waals surface area contributed by atoms with E-state index < -0.39 is 5.79 Å². The van der Waals surface area contributed by atoms with Crippen molar-refractivity contribution in [3.63, 3.8) is 0 Å². The van der Waals surface area contributed by atoms with Crippen molar-refractivity contribution in [3.05, 3.63) is 0 Å². The Morgan fingerprint density at radius 3 is 2.85 bits per heavy atom. The van der Waals surface area contributed by atoms with E-state index in [0.717, 1.165) is 6.42 Å². The third-order valence-corrected chi connectivity index (χ3v) is 2.50. The van der Waals surface area contributed by atoms with E-state index in [2.05, 4.69) is 0 Å². The van der Waals surface area contributed by atoms with Crippen molar-refractivity contribution in [2.45, 2.75) is 44.4 Å². The molecule has 0 aromatic rings. The summed E-state index contributed by atoms with van der Waals surface area (Å²) in [6.45, 7) is 4.42. The Labute approximate surface area is 77.8 Å². The Balaban J connectivity index is 2.08. The molecule has 2 fully saturated rings. The molecule has 0 spiro atoms. The van der Waals surface area contributed by atoms with Crippen LogP contribution >= 0.6 is 0 Å². The highest BCUT2D eigenvalue weighted by Crippen LogP contribution is 2.34. The Bertz CT molecular complexity index is 192. The fourth-order valence-electron chi connectivity index (χ4n) is 1.99. The molecule has 0 aromatic carbocycles. The lowest BCUT2D eigenvalue weighted by Crippen LogP contribution is -2.44. The molecule has 0 radical (unpaired) electrons. The Hall–Kier alpha value is -0.160. The van der Waals surface area contributed by atoms with Crippen molar-refractivity contribution in [1.82, 2.24) is 0 Å². The number of hydrogen-bond donors (Lipinski definition) is 1. The average molecular weight is 188 g/mol. The van der Waals surface area contributed by atoms with Gasteiger partial charge in [0, 0.05) is 6.61 Å². The second kappa shape index (κ2) is 3.20. The summed E-state index contributed by atoms with van der Waals surface area (Å²) >= 11 is 0. The summed E-state index contributed by atoms with van der Waals surface area (Å²) in [5.41, 5.74) is 0. The number of hydrogen-bond acceptors (Lipinski definition) is 4. The normalized spacial score (nSPS) is 43.2. The molecule has 3 atom stereocenters. The van der Waals surface area contributed by atoms with Gasteiger partial charge in [-0.1, -0.05) is 0 Å². The summed E-state index contributed by atoms with van der Waals surface area (Å²) < 4.78 is 16.7. The molecule has 0 aromatic heterocycles. The molecule has 76 valence electrons. The van der Waals surface area contributed by atoms with Crippen LogP contribution in [0.4, 0.5) is 0 Å². The predicted octanol–water partition coefficient (Wildman–Crippen LogP) is 0.288. The Morgan fingerprint density at radius 1 is 1.38 bits per heavy atom. The van der Waals surface area contributed by atoms with Crippen LogP contribution in [0.1, 0.15) is 20.3 Å². The Morgan fingerprint density at radius 2 is 2.15 bits per heavy atom. The molecular formula is C9H16O4. The van der Waals surface area contributed by atoms with E-state index in [1.807, 2.05) is 13.8 Å². The third kappa shape index (κ3) is 1.72. The quantitative estimate of drug-likeness (QED) is 0.642. The lowest BCUT2D eigenvalue weighted by Gasteiger charge is -2.29. The average Bonchev–Trinajstić information content (AvgIpc) is 2.37. The molecule has 2 saturated heterocycles. The molecule has 0 amide bonds. The topological polar surface area (TPSA) is 47.9 Å². The number of aliphatic hydroxyl groups excluding tert-OH is 1. The van der Waals surface area contributed by atoms with Gasteiger partial charge in [-0.3, -0.25) is 0 Å². The molecule has 4 nitrogen and oxygen atoms in total. The summed E-state index contributed by atoms with van der Waals surface area (Å²) in [6, 6.07) is 0. The maximum atomic E-state index is 9.05. The van der Waals surface area contributed by atoms with E-state index in [9.17, 15) is 0 Å². The van der Waals surface area contributed by atoms with Crippen molar-refractivity contribution in [2.75, 3.05) is 13.2 Å². The first-order chi connectivity index (χ1) is 6.12. The van der Waals surface area contributed by atoms with Crippen LogP contribution in [-0.4, -0.2) is 42.4 Å². The first kappa shape index (κ1) is 9.40. The maximum Gasteiger partial charge on any atom is 0.163 e. The van der Waals surface area contributed by atoms with Crippen LogP contribution in [-0.2, 0) is 14.2 Å². The first-order valence-electron chi connectivity index (χ1n) is 4.70. The zero-order valence-corrected chi connectivity index (χ0v) is 8.03. The molecule has 0 bridgehead atoms. The van der Waals surface area contributed by atoms with Gasteiger partial charge in [-0.05, 0) is 20.3 Å². The minimum absolute atomic E-state index is 0.000602. The fourth-order valence-corrected chi connectivity index (χ4v) is 1.99. The molecule has 2 aliphatic heterocycles. The van der Waals surface area contributed by atoms with Gasteiger partial charge in [-0.25, -0.2) is 0 Å². The molecule has 2 aliphatic rings. The summed E-state index contributed by atoms with van der Waals surface area (Å²) in [7, 11) is 0. The van der Waals surface area contributed by atoms with Gasteiger partial charge in [0.25, 0.3) is 0 Å². The second-order valence-electron chi connectivity index (χ2n) is 4.02. The zero-order chi connectivity index (χ0) is 9.47. The van der Waals surface area contributed by atoms with Gasteiger partial charge in [-0.2, -0.15) is 0 Å². The zero-order valence-electron chi connectivity index (χ0n) is 8.03. The van der Waals surface area contributed by atoms with E-state index >= 15 is 0 Å². The third-order valence-electron chi connectivity index (χ3n) is 2.50. The van der Waals surface area contributed by atoms with Gasteiger partial charge < -0.3 is 19.3 Å². The van der Waals surface area contributed by atoms with Crippen molar-refractivity contribution in [1.29, 1.82) is 0 Å². The Kier molecular flexibility index (Phi) is 2.32. The lowest BCUT2D eigenvalue weighted by atomic mass is 10.0. The molecule has 1 N–H and O–H groups in total. The van der Waals surface area contributed by atoms with Crippen molar-refractivity contribution >= 4 is 0 Å². The predicted molar refractivity (Wildman–Crippen MR) is 45.3 cm³/mol. The summed E-state index contributed by atoms with van der Waals surface area (Å²) in [5.74, 6) is -0.531. The molecule has 0 saturated carbocycles. The highest BCUT2D eigenvalue weighted by Gasteiger charge is 2.47. The van der Waals surface area contributed by atoms with Crippen LogP contribution < -0.4 is 0 Å². The first-order valence-corrected chi connectivity index (χ1v) is 4.70. The highest BCUT2D eigenvalue weighted by molar-refractivity contribution is 4.89. The molecule has 3 unspecified atom stereocenters. The largest absolute Gasteiger partial charge is 0.394 e. The van der Waals surface area contributed by atoms with Crippen LogP contribution in [0.2, 0.25) is 0 Å². The van der Waals surface area contributed by atoms with Crippen molar-refractivity contribution in [2.24, 2.45) is 0 Å². The standard InChI is InChI=1S/C9H16O4/c1-9(2)12-6-3-4-11-7(5-10)8(6)13-9/h6-8,10H,3-5H2,1-2H3. The summed E-state index contributed by atoms with van der Waals surface area (Å²) in [6.07, 6.45) is 0.611. The van der Waals surface area contributed by atoms with Gasteiger partial charge in [0.05, 0.1) is 12.7 Å². The number of rotatable bonds is 1. The van der Waals surface area contributed by atoms with Crippen molar-refractivity contribution < 1.29 is 19.3 Å². The monoisotopic (exact) mass is 188 g/mol. The molecule has 0 aliphatic carbocycles. The van der Waals surface area contributed by atoms with E-state index in [4.69, 9.17) is 19.3 Å². The van der Waals surface area contributed by atoms with Crippen molar-refractivity contribution in [3.8, 4) is 0 Å². The summed E-state index contributed by atoms with van der Waals surface area (Å²) in [5, 5.41) is 9.05. The molecular weight excluding hydrogens is 172 g/mol. The van der Waals surface area contributed by atoms with E-state index in [0.29, 0.717) is 6.61 Å². The van der Waals surface area contributed by atoms with Crippen LogP contribution in [0.5, 0.6) is 0 Å².